The standard InChI is InChI=1S/C46H50O14/c1-4-34(3)55-30-26-51-22-23-52-27-31-56-40-16-12-38(13-17-40)45(49)60-42-20-14-39(15-21-42)46(50)59-41-18-10-36(11-19-41)35-6-8-37(9-7-35)44(48)58-33-29-54-25-24-53-28-32-57-43(47)5-2/h4,6-21H,1,3,5,22-33H2,2H3. The fraction of sp³-hybridized carbons (Fsp3) is 0.304. The second-order valence-corrected chi connectivity index (χ2v) is 12.5. The van der Waals surface area contributed by atoms with Gasteiger partial charge in [0.15, 0.2) is 0 Å². The van der Waals surface area contributed by atoms with E-state index in [1.807, 2.05) is 0 Å². The van der Waals surface area contributed by atoms with Gasteiger partial charge in [-0.3, -0.25) is 4.79 Å². The van der Waals surface area contributed by atoms with Crippen LogP contribution in [-0.4, -0.2) is 103 Å². The fourth-order valence-electron chi connectivity index (χ4n) is 4.94. The van der Waals surface area contributed by atoms with Crippen LogP contribution in [0.25, 0.3) is 11.1 Å². The van der Waals surface area contributed by atoms with Crippen molar-refractivity contribution < 1.29 is 66.5 Å². The quantitative estimate of drug-likeness (QED) is 0.0188. The molecule has 4 rings (SSSR count). The van der Waals surface area contributed by atoms with Crippen LogP contribution in [0.4, 0.5) is 0 Å². The predicted octanol–water partition coefficient (Wildman–Crippen LogP) is 7.06. The number of carbonyl (C=O) groups is 4. The topological polar surface area (TPSA) is 161 Å². The van der Waals surface area contributed by atoms with Crippen molar-refractivity contribution in [3.8, 4) is 28.4 Å². The molecule has 0 aliphatic carbocycles. The number of benzene rings is 4. The third-order valence-electron chi connectivity index (χ3n) is 8.13. The highest BCUT2D eigenvalue weighted by atomic mass is 16.6. The van der Waals surface area contributed by atoms with Gasteiger partial charge in [0, 0.05) is 6.42 Å². The van der Waals surface area contributed by atoms with Crippen LogP contribution in [0.5, 0.6) is 17.2 Å². The molecule has 0 saturated heterocycles. The highest BCUT2D eigenvalue weighted by Crippen LogP contribution is 2.24. The van der Waals surface area contributed by atoms with E-state index in [0.29, 0.717) is 87.7 Å². The Morgan fingerprint density at radius 3 is 1.30 bits per heavy atom. The Morgan fingerprint density at radius 2 is 0.817 bits per heavy atom. The molecule has 14 nitrogen and oxygen atoms in total. The smallest absolute Gasteiger partial charge is 0.343 e. The Balaban J connectivity index is 1.10. The third kappa shape index (κ3) is 17.3. The molecule has 0 spiro atoms. The molecule has 0 saturated carbocycles. The first kappa shape index (κ1) is 46.4. The highest BCUT2D eigenvalue weighted by Gasteiger charge is 2.13. The lowest BCUT2D eigenvalue weighted by atomic mass is 10.0. The summed E-state index contributed by atoms with van der Waals surface area (Å²) in [7, 11) is 0. The van der Waals surface area contributed by atoms with E-state index in [-0.39, 0.29) is 43.7 Å². The zero-order valence-corrected chi connectivity index (χ0v) is 33.6. The molecular formula is C46H50O14. The van der Waals surface area contributed by atoms with E-state index >= 15 is 0 Å². The monoisotopic (exact) mass is 826 g/mol. The van der Waals surface area contributed by atoms with Crippen LogP contribution in [0, 0.1) is 0 Å². The van der Waals surface area contributed by atoms with Crippen LogP contribution in [0.2, 0.25) is 0 Å². The highest BCUT2D eigenvalue weighted by molar-refractivity contribution is 5.93. The fourth-order valence-corrected chi connectivity index (χ4v) is 4.94. The van der Waals surface area contributed by atoms with Crippen molar-refractivity contribution in [2.45, 2.75) is 13.3 Å². The number of hydrogen-bond acceptors (Lipinski definition) is 14. The molecule has 0 aliphatic rings. The molecule has 14 heteroatoms. The second kappa shape index (κ2) is 26.6. The van der Waals surface area contributed by atoms with Crippen LogP contribution in [0.3, 0.4) is 0 Å². The van der Waals surface area contributed by atoms with Gasteiger partial charge in [-0.1, -0.05) is 44.3 Å². The lowest BCUT2D eigenvalue weighted by molar-refractivity contribution is -0.144. The van der Waals surface area contributed by atoms with E-state index in [1.165, 1.54) is 30.3 Å². The second-order valence-electron chi connectivity index (χ2n) is 12.5. The number of esters is 4. The van der Waals surface area contributed by atoms with Crippen molar-refractivity contribution in [1.29, 1.82) is 0 Å². The van der Waals surface area contributed by atoms with Crippen molar-refractivity contribution in [2.24, 2.45) is 0 Å². The number of carbonyl (C=O) groups excluding carboxylic acids is 4. The molecule has 0 radical (unpaired) electrons. The van der Waals surface area contributed by atoms with E-state index in [4.69, 9.17) is 47.4 Å². The molecule has 0 aromatic heterocycles. The molecule has 0 unspecified atom stereocenters. The summed E-state index contributed by atoms with van der Waals surface area (Å²) in [5.41, 5.74) is 2.68. The molecule has 318 valence electrons. The largest absolute Gasteiger partial charge is 0.492 e. The minimum absolute atomic E-state index is 0.0854. The maximum atomic E-state index is 12.8. The first-order valence-electron chi connectivity index (χ1n) is 19.3. The van der Waals surface area contributed by atoms with Gasteiger partial charge in [0.05, 0.1) is 69.5 Å². The number of rotatable bonds is 28. The van der Waals surface area contributed by atoms with Crippen LogP contribution in [-0.2, 0) is 38.0 Å². The van der Waals surface area contributed by atoms with Crippen molar-refractivity contribution in [1.82, 2.24) is 0 Å². The first-order valence-corrected chi connectivity index (χ1v) is 19.3. The average Bonchev–Trinajstić information content (AvgIpc) is 3.28. The predicted molar refractivity (Wildman–Crippen MR) is 220 cm³/mol. The van der Waals surface area contributed by atoms with Gasteiger partial charge < -0.3 is 47.4 Å². The molecule has 0 aliphatic heterocycles. The summed E-state index contributed by atoms with van der Waals surface area (Å²) in [6, 6.07) is 26.4. The van der Waals surface area contributed by atoms with Gasteiger partial charge in [0.25, 0.3) is 0 Å². The Morgan fingerprint density at radius 1 is 0.450 bits per heavy atom. The molecule has 0 amide bonds. The Kier molecular flexibility index (Phi) is 20.6. The van der Waals surface area contributed by atoms with Crippen LogP contribution in [0.1, 0.15) is 44.4 Å². The van der Waals surface area contributed by atoms with Crippen LogP contribution < -0.4 is 14.2 Å². The summed E-state index contributed by atoms with van der Waals surface area (Å²) >= 11 is 0. The lowest BCUT2D eigenvalue weighted by Crippen LogP contribution is -2.14. The summed E-state index contributed by atoms with van der Waals surface area (Å²) in [6.45, 7) is 12.7. The van der Waals surface area contributed by atoms with E-state index in [0.717, 1.165) is 11.1 Å². The SMILES string of the molecule is C=CC(=C)OCCOCCOCCOc1ccc(C(=O)Oc2ccc(C(=O)Oc3ccc(-c4ccc(C(=O)OCCOCCOCCOC(=O)CC)cc4)cc3)cc2)cc1. The number of ether oxygens (including phenoxy) is 10. The zero-order chi connectivity index (χ0) is 42.8. The Hall–Kier alpha value is -6.32. The van der Waals surface area contributed by atoms with Gasteiger partial charge in [0.2, 0.25) is 0 Å². The molecular weight excluding hydrogens is 776 g/mol. The average molecular weight is 827 g/mol. The summed E-state index contributed by atoms with van der Waals surface area (Å²) < 4.78 is 53.7. The van der Waals surface area contributed by atoms with Crippen LogP contribution in [0.15, 0.2) is 122 Å². The molecule has 0 heterocycles. The van der Waals surface area contributed by atoms with Crippen molar-refractivity contribution in [2.75, 3.05) is 79.3 Å². The Bertz CT molecular complexity index is 1940. The molecule has 4 aromatic carbocycles. The van der Waals surface area contributed by atoms with Crippen molar-refractivity contribution >= 4 is 23.9 Å². The summed E-state index contributed by atoms with van der Waals surface area (Å²) in [4.78, 5) is 49.0. The normalized spacial score (nSPS) is 10.6. The van der Waals surface area contributed by atoms with Crippen molar-refractivity contribution in [3.63, 3.8) is 0 Å². The van der Waals surface area contributed by atoms with Gasteiger partial charge in [-0.25, -0.2) is 14.4 Å². The number of hydrogen-bond donors (Lipinski definition) is 0. The summed E-state index contributed by atoms with van der Waals surface area (Å²) in [5.74, 6) is -0.231. The van der Waals surface area contributed by atoms with Gasteiger partial charge in [0.1, 0.15) is 49.4 Å². The van der Waals surface area contributed by atoms with E-state index in [2.05, 4.69) is 13.2 Å². The molecule has 0 fully saturated rings. The first-order chi connectivity index (χ1) is 29.2. The maximum absolute atomic E-state index is 12.8. The molecule has 0 N–H and O–H groups in total. The van der Waals surface area contributed by atoms with Crippen molar-refractivity contribution in [3.05, 3.63) is 139 Å². The van der Waals surface area contributed by atoms with E-state index < -0.39 is 17.9 Å². The van der Waals surface area contributed by atoms with Crippen LogP contribution >= 0.6 is 0 Å². The Labute approximate surface area is 349 Å². The lowest BCUT2D eigenvalue weighted by Gasteiger charge is -2.09. The summed E-state index contributed by atoms with van der Waals surface area (Å²) in [5, 5.41) is 0. The minimum atomic E-state index is -0.583. The number of allylic oxidation sites excluding steroid dienone is 1. The van der Waals surface area contributed by atoms with Gasteiger partial charge in [-0.2, -0.15) is 0 Å². The van der Waals surface area contributed by atoms with Gasteiger partial charge >= 0.3 is 23.9 Å². The van der Waals surface area contributed by atoms with Gasteiger partial charge in [-0.15, -0.1) is 0 Å². The summed E-state index contributed by atoms with van der Waals surface area (Å²) in [6.07, 6.45) is 1.86. The molecule has 0 atom stereocenters. The zero-order valence-electron chi connectivity index (χ0n) is 33.6. The molecule has 4 aromatic rings. The van der Waals surface area contributed by atoms with Gasteiger partial charge in [-0.05, 0) is 90.0 Å². The molecule has 0 bridgehead atoms. The van der Waals surface area contributed by atoms with E-state index in [9.17, 15) is 19.2 Å². The van der Waals surface area contributed by atoms with E-state index in [1.54, 1.807) is 79.7 Å². The minimum Gasteiger partial charge on any atom is -0.492 e. The third-order valence-corrected chi connectivity index (χ3v) is 8.13. The molecule has 60 heavy (non-hydrogen) atoms. The maximum Gasteiger partial charge on any atom is 0.343 e.